The van der Waals surface area contributed by atoms with Crippen molar-refractivity contribution < 1.29 is 22.9 Å². The SMILES string of the molecule is Cc1ccc(OCCNC(=O)[C@@H](C)N(c2cc([N+](=O)[O-])ccc2C)S(C)(=O)=O)cc1. The lowest BCUT2D eigenvalue weighted by molar-refractivity contribution is -0.384. The highest BCUT2D eigenvalue weighted by Gasteiger charge is 2.31. The summed E-state index contributed by atoms with van der Waals surface area (Å²) < 4.78 is 31.2. The van der Waals surface area contributed by atoms with Gasteiger partial charge in [0.15, 0.2) is 0 Å². The summed E-state index contributed by atoms with van der Waals surface area (Å²) >= 11 is 0. The van der Waals surface area contributed by atoms with Gasteiger partial charge in [0.05, 0.1) is 23.4 Å². The Morgan fingerprint density at radius 2 is 1.83 bits per heavy atom. The molecule has 1 N–H and O–H groups in total. The second-order valence-electron chi connectivity index (χ2n) is 6.92. The lowest BCUT2D eigenvalue weighted by Crippen LogP contribution is -2.48. The number of nitrogens with one attached hydrogen (secondary N) is 1. The summed E-state index contributed by atoms with van der Waals surface area (Å²) in [5.74, 6) is 0.117. The summed E-state index contributed by atoms with van der Waals surface area (Å²) in [6.07, 6.45) is 0.954. The number of anilines is 1. The number of ether oxygens (including phenoxy) is 1. The van der Waals surface area contributed by atoms with E-state index in [2.05, 4.69) is 5.32 Å². The minimum absolute atomic E-state index is 0.0882. The fraction of sp³-hybridized carbons (Fsp3) is 0.350. The molecule has 10 heteroatoms. The number of amides is 1. The zero-order chi connectivity index (χ0) is 22.5. The summed E-state index contributed by atoms with van der Waals surface area (Å²) in [5.41, 5.74) is 1.42. The van der Waals surface area contributed by atoms with Gasteiger partial charge in [0.1, 0.15) is 18.4 Å². The van der Waals surface area contributed by atoms with Gasteiger partial charge in [0.25, 0.3) is 5.69 Å². The Morgan fingerprint density at radius 1 is 1.20 bits per heavy atom. The van der Waals surface area contributed by atoms with Crippen LogP contribution in [0.25, 0.3) is 0 Å². The molecule has 0 aliphatic carbocycles. The van der Waals surface area contributed by atoms with Crippen molar-refractivity contribution in [1.29, 1.82) is 0 Å². The third-order valence-corrected chi connectivity index (χ3v) is 5.65. The van der Waals surface area contributed by atoms with Crippen molar-refractivity contribution in [2.45, 2.75) is 26.8 Å². The van der Waals surface area contributed by atoms with Crippen LogP contribution in [0.3, 0.4) is 0 Å². The number of nitrogens with zero attached hydrogens (tertiary/aromatic N) is 2. The second kappa shape index (κ2) is 9.57. The molecule has 0 aliphatic heterocycles. The summed E-state index contributed by atoms with van der Waals surface area (Å²) in [5, 5.41) is 13.7. The topological polar surface area (TPSA) is 119 Å². The molecular weight excluding hydrogens is 410 g/mol. The highest BCUT2D eigenvalue weighted by molar-refractivity contribution is 7.92. The molecule has 0 saturated carbocycles. The maximum Gasteiger partial charge on any atom is 0.271 e. The molecule has 1 amide bonds. The largest absolute Gasteiger partial charge is 0.492 e. The Balaban J connectivity index is 2.10. The van der Waals surface area contributed by atoms with Crippen molar-refractivity contribution >= 4 is 27.3 Å². The smallest absolute Gasteiger partial charge is 0.271 e. The molecule has 1 atom stereocenters. The predicted molar refractivity (Wildman–Crippen MR) is 114 cm³/mol. The van der Waals surface area contributed by atoms with Crippen molar-refractivity contribution in [3.05, 3.63) is 63.7 Å². The van der Waals surface area contributed by atoms with Gasteiger partial charge >= 0.3 is 0 Å². The van der Waals surface area contributed by atoms with Gasteiger partial charge in [0, 0.05) is 12.1 Å². The molecule has 162 valence electrons. The van der Waals surface area contributed by atoms with E-state index in [1.807, 2.05) is 31.2 Å². The minimum Gasteiger partial charge on any atom is -0.492 e. The number of carbonyl (C=O) groups is 1. The number of carbonyl (C=O) groups excluding carboxylic acids is 1. The van der Waals surface area contributed by atoms with Crippen LogP contribution in [0.1, 0.15) is 18.1 Å². The van der Waals surface area contributed by atoms with E-state index in [-0.39, 0.29) is 24.5 Å². The normalized spacial score (nSPS) is 12.1. The zero-order valence-electron chi connectivity index (χ0n) is 17.3. The van der Waals surface area contributed by atoms with E-state index in [4.69, 9.17) is 4.74 Å². The van der Waals surface area contributed by atoms with Gasteiger partial charge in [0.2, 0.25) is 15.9 Å². The maximum atomic E-state index is 12.6. The van der Waals surface area contributed by atoms with E-state index < -0.39 is 26.9 Å². The van der Waals surface area contributed by atoms with Gasteiger partial charge in [-0.15, -0.1) is 0 Å². The Labute approximate surface area is 175 Å². The third-order valence-electron chi connectivity index (χ3n) is 4.42. The first-order chi connectivity index (χ1) is 14.0. The highest BCUT2D eigenvalue weighted by Crippen LogP contribution is 2.29. The molecule has 0 heterocycles. The summed E-state index contributed by atoms with van der Waals surface area (Å²) in [4.78, 5) is 23.1. The molecule has 0 unspecified atom stereocenters. The van der Waals surface area contributed by atoms with Crippen molar-refractivity contribution in [3.63, 3.8) is 0 Å². The van der Waals surface area contributed by atoms with Crippen LogP contribution >= 0.6 is 0 Å². The van der Waals surface area contributed by atoms with E-state index >= 15 is 0 Å². The second-order valence-corrected chi connectivity index (χ2v) is 8.77. The van der Waals surface area contributed by atoms with Crippen LogP contribution in [0.4, 0.5) is 11.4 Å². The predicted octanol–water partition coefficient (Wildman–Crippen LogP) is 2.56. The van der Waals surface area contributed by atoms with Gasteiger partial charge in [-0.25, -0.2) is 8.42 Å². The number of rotatable bonds is 9. The van der Waals surface area contributed by atoms with Crippen molar-refractivity contribution in [2.24, 2.45) is 0 Å². The summed E-state index contributed by atoms with van der Waals surface area (Å²) in [7, 11) is -3.89. The van der Waals surface area contributed by atoms with Crippen LogP contribution in [0.15, 0.2) is 42.5 Å². The van der Waals surface area contributed by atoms with Gasteiger partial charge in [-0.3, -0.25) is 19.2 Å². The Kier molecular flexibility index (Phi) is 7.38. The van der Waals surface area contributed by atoms with Crippen LogP contribution in [-0.4, -0.2) is 44.7 Å². The summed E-state index contributed by atoms with van der Waals surface area (Å²) in [6, 6.07) is 10.2. The molecule has 2 rings (SSSR count). The van der Waals surface area contributed by atoms with Crippen molar-refractivity contribution in [2.75, 3.05) is 23.7 Å². The van der Waals surface area contributed by atoms with E-state index in [1.165, 1.54) is 19.1 Å². The minimum atomic E-state index is -3.89. The average Bonchev–Trinajstić information content (AvgIpc) is 2.66. The Morgan fingerprint density at radius 3 is 2.40 bits per heavy atom. The van der Waals surface area contributed by atoms with Crippen LogP contribution < -0.4 is 14.4 Å². The zero-order valence-corrected chi connectivity index (χ0v) is 18.1. The van der Waals surface area contributed by atoms with Crippen molar-refractivity contribution in [3.8, 4) is 5.75 Å². The monoisotopic (exact) mass is 435 g/mol. The average molecular weight is 436 g/mol. The fourth-order valence-corrected chi connectivity index (χ4v) is 4.08. The molecule has 9 nitrogen and oxygen atoms in total. The number of hydrogen-bond donors (Lipinski definition) is 1. The lowest BCUT2D eigenvalue weighted by Gasteiger charge is -2.29. The van der Waals surface area contributed by atoms with Crippen LogP contribution in [0.2, 0.25) is 0 Å². The molecule has 0 spiro atoms. The first-order valence-electron chi connectivity index (χ1n) is 9.22. The molecule has 0 bridgehead atoms. The molecule has 0 fully saturated rings. The highest BCUT2D eigenvalue weighted by atomic mass is 32.2. The number of nitro benzene ring substituents is 1. The van der Waals surface area contributed by atoms with Crippen LogP contribution in [-0.2, 0) is 14.8 Å². The molecule has 0 aliphatic rings. The van der Waals surface area contributed by atoms with Gasteiger partial charge in [-0.2, -0.15) is 0 Å². The molecule has 2 aromatic carbocycles. The fourth-order valence-electron chi connectivity index (χ4n) is 2.86. The third kappa shape index (κ3) is 5.93. The first-order valence-corrected chi connectivity index (χ1v) is 11.1. The van der Waals surface area contributed by atoms with E-state index in [9.17, 15) is 23.3 Å². The molecule has 30 heavy (non-hydrogen) atoms. The van der Waals surface area contributed by atoms with Gasteiger partial charge < -0.3 is 10.1 Å². The van der Waals surface area contributed by atoms with Crippen molar-refractivity contribution in [1.82, 2.24) is 5.32 Å². The Bertz CT molecular complexity index is 1020. The number of hydrogen-bond acceptors (Lipinski definition) is 6. The summed E-state index contributed by atoms with van der Waals surface area (Å²) in [6.45, 7) is 5.38. The number of nitro groups is 1. The molecule has 0 saturated heterocycles. The standard InChI is InChI=1S/C20H25N3O6S/c1-14-5-9-18(10-6-14)29-12-11-21-20(24)16(3)22(30(4,27)28)19-13-17(23(25)26)8-7-15(19)2/h5-10,13,16H,11-12H2,1-4H3,(H,21,24)/t16-/m1/s1. The van der Waals surface area contributed by atoms with E-state index in [1.54, 1.807) is 6.92 Å². The molecule has 2 aromatic rings. The number of non-ortho nitro benzene ring substituents is 1. The lowest BCUT2D eigenvalue weighted by atomic mass is 10.1. The Hall–Kier alpha value is -3.14. The number of sulfonamides is 1. The quantitative estimate of drug-likeness (QED) is 0.367. The number of aryl methyl sites for hydroxylation is 2. The molecule has 0 aromatic heterocycles. The van der Waals surface area contributed by atoms with E-state index in [0.717, 1.165) is 22.2 Å². The van der Waals surface area contributed by atoms with Gasteiger partial charge in [-0.1, -0.05) is 23.8 Å². The van der Waals surface area contributed by atoms with E-state index in [0.29, 0.717) is 11.3 Å². The van der Waals surface area contributed by atoms with Crippen LogP contribution in [0.5, 0.6) is 5.75 Å². The number of benzene rings is 2. The molecular formula is C20H25N3O6S. The maximum absolute atomic E-state index is 12.6. The molecule has 0 radical (unpaired) electrons. The van der Waals surface area contributed by atoms with Gasteiger partial charge in [-0.05, 0) is 38.5 Å². The van der Waals surface area contributed by atoms with Crippen LogP contribution in [0, 0.1) is 24.0 Å². The first kappa shape index (κ1) is 23.1.